The number of thiophene rings is 1. The average molecular weight is 201 g/mol. The highest BCUT2D eigenvalue weighted by Gasteiger charge is 2.04. The molecule has 0 amide bonds. The monoisotopic (exact) mass is 201 g/mol. The predicted molar refractivity (Wildman–Crippen MR) is 54.8 cm³/mol. The van der Waals surface area contributed by atoms with Gasteiger partial charge in [0, 0.05) is 16.6 Å². The highest BCUT2D eigenvalue weighted by atomic mass is 32.1. The molecule has 0 N–H and O–H groups in total. The molecule has 0 aliphatic rings. The Hall–Kier alpha value is -1.73. The van der Waals surface area contributed by atoms with Gasteiger partial charge in [0.1, 0.15) is 11.8 Å². The number of nitrogens with zero attached hydrogens (tertiary/aromatic N) is 3. The Balaban J connectivity index is 2.55. The zero-order valence-corrected chi connectivity index (χ0v) is 8.38. The van der Waals surface area contributed by atoms with E-state index in [-0.39, 0.29) is 0 Å². The fourth-order valence-electron chi connectivity index (χ4n) is 1.15. The van der Waals surface area contributed by atoms with Crippen molar-refractivity contribution < 1.29 is 0 Å². The largest absolute Gasteiger partial charge is 0.233 e. The van der Waals surface area contributed by atoms with Gasteiger partial charge in [-0.2, -0.15) is 16.6 Å². The van der Waals surface area contributed by atoms with Crippen molar-refractivity contribution in [1.29, 1.82) is 5.26 Å². The molecule has 0 atom stereocenters. The van der Waals surface area contributed by atoms with Gasteiger partial charge in [-0.15, -0.1) is 0 Å². The van der Waals surface area contributed by atoms with Crippen LogP contribution in [0.1, 0.15) is 11.4 Å². The molecule has 2 aromatic heterocycles. The topological polar surface area (TPSA) is 49.6 Å². The van der Waals surface area contributed by atoms with Crippen LogP contribution in [0, 0.1) is 18.3 Å². The minimum atomic E-state index is 0.415. The number of hydrogen-bond donors (Lipinski definition) is 0. The van der Waals surface area contributed by atoms with Crippen molar-refractivity contribution in [2.45, 2.75) is 6.92 Å². The second kappa shape index (κ2) is 3.56. The second-order valence-electron chi connectivity index (χ2n) is 2.84. The molecular formula is C10H7N3S. The SMILES string of the molecule is Cc1cc(C#N)nc(-c2ccsc2)n1. The summed E-state index contributed by atoms with van der Waals surface area (Å²) in [5.74, 6) is 0.628. The Morgan fingerprint density at radius 2 is 2.29 bits per heavy atom. The molecule has 2 rings (SSSR count). The summed E-state index contributed by atoms with van der Waals surface area (Å²) in [5, 5.41) is 12.7. The summed E-state index contributed by atoms with van der Waals surface area (Å²) in [4.78, 5) is 8.40. The highest BCUT2D eigenvalue weighted by molar-refractivity contribution is 7.08. The molecule has 0 aliphatic heterocycles. The molecular weight excluding hydrogens is 194 g/mol. The summed E-state index contributed by atoms with van der Waals surface area (Å²) < 4.78 is 0. The van der Waals surface area contributed by atoms with Crippen molar-refractivity contribution in [1.82, 2.24) is 9.97 Å². The standard InChI is InChI=1S/C10H7N3S/c1-7-4-9(5-11)13-10(12-7)8-2-3-14-6-8/h2-4,6H,1H3. The molecule has 0 aliphatic carbocycles. The van der Waals surface area contributed by atoms with Gasteiger partial charge >= 0.3 is 0 Å². The van der Waals surface area contributed by atoms with E-state index in [4.69, 9.17) is 5.26 Å². The van der Waals surface area contributed by atoms with E-state index in [0.29, 0.717) is 11.5 Å². The van der Waals surface area contributed by atoms with Crippen LogP contribution in [0.5, 0.6) is 0 Å². The van der Waals surface area contributed by atoms with Gasteiger partial charge in [-0.3, -0.25) is 0 Å². The molecule has 3 nitrogen and oxygen atoms in total. The summed E-state index contributed by atoms with van der Waals surface area (Å²) in [6, 6.07) is 5.64. The third-order valence-electron chi connectivity index (χ3n) is 1.75. The van der Waals surface area contributed by atoms with E-state index < -0.39 is 0 Å². The van der Waals surface area contributed by atoms with Crippen molar-refractivity contribution in [3.63, 3.8) is 0 Å². The van der Waals surface area contributed by atoms with E-state index in [9.17, 15) is 0 Å². The summed E-state index contributed by atoms with van der Waals surface area (Å²) >= 11 is 1.59. The van der Waals surface area contributed by atoms with E-state index in [0.717, 1.165) is 11.3 Å². The molecule has 4 heteroatoms. The first kappa shape index (κ1) is 8.85. The quantitative estimate of drug-likeness (QED) is 0.711. The molecule has 0 unspecified atom stereocenters. The van der Waals surface area contributed by atoms with Crippen molar-refractivity contribution in [3.05, 3.63) is 34.3 Å². The van der Waals surface area contributed by atoms with Crippen molar-refractivity contribution >= 4 is 11.3 Å². The molecule has 0 spiro atoms. The van der Waals surface area contributed by atoms with Gasteiger partial charge < -0.3 is 0 Å². The van der Waals surface area contributed by atoms with Crippen LogP contribution in [-0.2, 0) is 0 Å². The Bertz CT molecular complexity index is 483. The van der Waals surface area contributed by atoms with Gasteiger partial charge in [0.15, 0.2) is 5.82 Å². The first-order valence-corrected chi connectivity index (χ1v) is 5.02. The zero-order chi connectivity index (χ0) is 9.97. The summed E-state index contributed by atoms with van der Waals surface area (Å²) in [6.07, 6.45) is 0. The summed E-state index contributed by atoms with van der Waals surface area (Å²) in [7, 11) is 0. The van der Waals surface area contributed by atoms with Crippen LogP contribution in [0.3, 0.4) is 0 Å². The van der Waals surface area contributed by atoms with Crippen LogP contribution in [0.4, 0.5) is 0 Å². The molecule has 14 heavy (non-hydrogen) atoms. The molecule has 2 aromatic rings. The fraction of sp³-hybridized carbons (Fsp3) is 0.100. The lowest BCUT2D eigenvalue weighted by Gasteiger charge is -1.98. The zero-order valence-electron chi connectivity index (χ0n) is 7.56. The summed E-state index contributed by atoms with van der Waals surface area (Å²) in [5.41, 5.74) is 2.20. The van der Waals surface area contributed by atoms with Gasteiger partial charge in [0.2, 0.25) is 0 Å². The highest BCUT2D eigenvalue weighted by Crippen LogP contribution is 2.18. The lowest BCUT2D eigenvalue weighted by molar-refractivity contribution is 1.09. The normalized spacial score (nSPS) is 9.71. The molecule has 2 heterocycles. The number of nitriles is 1. The molecule has 0 aromatic carbocycles. The number of rotatable bonds is 1. The maximum atomic E-state index is 8.75. The average Bonchev–Trinajstić information content (AvgIpc) is 2.69. The lowest BCUT2D eigenvalue weighted by Crippen LogP contribution is -1.93. The third kappa shape index (κ3) is 1.63. The van der Waals surface area contributed by atoms with Crippen LogP contribution >= 0.6 is 11.3 Å². The number of hydrogen-bond acceptors (Lipinski definition) is 4. The second-order valence-corrected chi connectivity index (χ2v) is 3.62. The van der Waals surface area contributed by atoms with Crippen LogP contribution in [0.25, 0.3) is 11.4 Å². The molecule has 0 saturated heterocycles. The molecule has 0 radical (unpaired) electrons. The van der Waals surface area contributed by atoms with E-state index in [1.54, 1.807) is 17.4 Å². The number of aryl methyl sites for hydroxylation is 1. The van der Waals surface area contributed by atoms with Crippen molar-refractivity contribution in [2.75, 3.05) is 0 Å². The van der Waals surface area contributed by atoms with Crippen LogP contribution in [-0.4, -0.2) is 9.97 Å². The Morgan fingerprint density at radius 3 is 2.93 bits per heavy atom. The lowest BCUT2D eigenvalue weighted by atomic mass is 10.3. The molecule has 0 fully saturated rings. The Kier molecular flexibility index (Phi) is 2.25. The maximum absolute atomic E-state index is 8.75. The van der Waals surface area contributed by atoms with E-state index in [2.05, 4.69) is 9.97 Å². The Morgan fingerprint density at radius 1 is 1.43 bits per heavy atom. The molecule has 0 saturated carbocycles. The van der Waals surface area contributed by atoms with E-state index in [1.807, 2.05) is 29.8 Å². The van der Waals surface area contributed by atoms with Gasteiger partial charge in [-0.25, -0.2) is 9.97 Å². The minimum absolute atomic E-state index is 0.415. The number of aromatic nitrogens is 2. The molecule has 0 bridgehead atoms. The summed E-state index contributed by atoms with van der Waals surface area (Å²) in [6.45, 7) is 1.86. The van der Waals surface area contributed by atoms with Gasteiger partial charge in [-0.1, -0.05) is 0 Å². The molecule has 68 valence electrons. The van der Waals surface area contributed by atoms with E-state index in [1.165, 1.54) is 0 Å². The predicted octanol–water partition coefficient (Wildman–Crippen LogP) is 2.39. The first-order valence-electron chi connectivity index (χ1n) is 4.08. The van der Waals surface area contributed by atoms with Crippen molar-refractivity contribution in [3.8, 4) is 17.5 Å². The first-order chi connectivity index (χ1) is 6.79. The van der Waals surface area contributed by atoms with E-state index >= 15 is 0 Å². The smallest absolute Gasteiger partial charge is 0.161 e. The fourth-order valence-corrected chi connectivity index (χ4v) is 1.78. The van der Waals surface area contributed by atoms with Crippen LogP contribution in [0.2, 0.25) is 0 Å². The van der Waals surface area contributed by atoms with Gasteiger partial charge in [0.25, 0.3) is 0 Å². The third-order valence-corrected chi connectivity index (χ3v) is 2.43. The van der Waals surface area contributed by atoms with Crippen LogP contribution in [0.15, 0.2) is 22.9 Å². The Labute approximate surface area is 85.7 Å². The van der Waals surface area contributed by atoms with Gasteiger partial charge in [-0.05, 0) is 24.4 Å². The van der Waals surface area contributed by atoms with Crippen molar-refractivity contribution in [2.24, 2.45) is 0 Å². The maximum Gasteiger partial charge on any atom is 0.161 e. The minimum Gasteiger partial charge on any atom is -0.233 e. The van der Waals surface area contributed by atoms with Crippen LogP contribution < -0.4 is 0 Å². The van der Waals surface area contributed by atoms with Gasteiger partial charge in [0.05, 0.1) is 0 Å².